The molecule has 104 valence electrons. The third kappa shape index (κ3) is 3.43. The van der Waals surface area contributed by atoms with Gasteiger partial charge in [-0.2, -0.15) is 0 Å². The first kappa shape index (κ1) is 13.8. The predicted octanol–water partition coefficient (Wildman–Crippen LogP) is 0.248. The van der Waals surface area contributed by atoms with Crippen molar-refractivity contribution < 1.29 is 14.3 Å². The second kappa shape index (κ2) is 6.50. The van der Waals surface area contributed by atoms with Gasteiger partial charge in [-0.15, -0.1) is 0 Å². The van der Waals surface area contributed by atoms with Crippen LogP contribution >= 0.6 is 0 Å². The molecule has 0 aliphatic carbocycles. The zero-order chi connectivity index (χ0) is 13.0. The fourth-order valence-electron chi connectivity index (χ4n) is 2.68. The van der Waals surface area contributed by atoms with Crippen molar-refractivity contribution in [2.24, 2.45) is 5.92 Å². The fourth-order valence-corrected chi connectivity index (χ4v) is 2.68. The van der Waals surface area contributed by atoms with Crippen molar-refractivity contribution in [3.8, 4) is 0 Å². The molecule has 2 heterocycles. The van der Waals surface area contributed by atoms with Crippen LogP contribution in [0.4, 0.5) is 0 Å². The van der Waals surface area contributed by atoms with Gasteiger partial charge in [-0.05, 0) is 25.7 Å². The molecule has 1 N–H and O–H groups in total. The molecule has 5 heteroatoms. The van der Waals surface area contributed by atoms with Crippen LogP contribution in [0.25, 0.3) is 0 Å². The molecule has 5 nitrogen and oxygen atoms in total. The quantitative estimate of drug-likeness (QED) is 0.786. The van der Waals surface area contributed by atoms with E-state index in [1.165, 1.54) is 0 Å². The summed E-state index contributed by atoms with van der Waals surface area (Å²) in [4.78, 5) is 14.1. The highest BCUT2D eigenvalue weighted by Crippen LogP contribution is 2.15. The number of rotatable bonds is 3. The van der Waals surface area contributed by atoms with Gasteiger partial charge < -0.3 is 19.7 Å². The Balaban J connectivity index is 1.83. The van der Waals surface area contributed by atoms with Crippen molar-refractivity contribution in [3.05, 3.63) is 0 Å². The lowest BCUT2D eigenvalue weighted by Crippen LogP contribution is -2.56. The van der Waals surface area contributed by atoms with Crippen molar-refractivity contribution in [1.82, 2.24) is 10.2 Å². The highest BCUT2D eigenvalue weighted by atomic mass is 16.5. The van der Waals surface area contributed by atoms with Crippen LogP contribution in [0.2, 0.25) is 0 Å². The Hall–Kier alpha value is -0.650. The molecule has 0 bridgehead atoms. The number of hydrogen-bond donors (Lipinski definition) is 1. The zero-order valence-corrected chi connectivity index (χ0v) is 11.4. The number of carbonyl (C=O) groups is 1. The van der Waals surface area contributed by atoms with Crippen molar-refractivity contribution in [3.63, 3.8) is 0 Å². The van der Waals surface area contributed by atoms with Gasteiger partial charge >= 0.3 is 0 Å². The predicted molar refractivity (Wildman–Crippen MR) is 68.4 cm³/mol. The SMILES string of the molecule is C[C@H]1OCCN[C@@H]1C(=O)N(C)CC1CCCOC1. The van der Waals surface area contributed by atoms with E-state index < -0.39 is 0 Å². The van der Waals surface area contributed by atoms with Crippen LogP contribution in [0.5, 0.6) is 0 Å². The number of nitrogens with one attached hydrogen (secondary N) is 1. The number of likely N-dealkylation sites (N-methyl/N-ethyl adjacent to an activating group) is 1. The van der Waals surface area contributed by atoms with Crippen molar-refractivity contribution >= 4 is 5.91 Å². The van der Waals surface area contributed by atoms with E-state index in [2.05, 4.69) is 5.32 Å². The first-order valence-corrected chi connectivity index (χ1v) is 6.86. The maximum Gasteiger partial charge on any atom is 0.242 e. The lowest BCUT2D eigenvalue weighted by molar-refractivity contribution is -0.139. The van der Waals surface area contributed by atoms with E-state index in [1.54, 1.807) is 0 Å². The molecule has 2 rings (SSSR count). The lowest BCUT2D eigenvalue weighted by Gasteiger charge is -2.34. The number of carbonyl (C=O) groups excluding carboxylic acids is 1. The summed E-state index contributed by atoms with van der Waals surface area (Å²) in [6.45, 7) is 5.81. The summed E-state index contributed by atoms with van der Waals surface area (Å²) in [6.07, 6.45) is 2.21. The Morgan fingerprint density at radius 1 is 1.44 bits per heavy atom. The Morgan fingerprint density at radius 2 is 2.28 bits per heavy atom. The molecule has 3 atom stereocenters. The molecule has 0 aromatic rings. The minimum absolute atomic E-state index is 0.0451. The largest absolute Gasteiger partial charge is 0.381 e. The first-order valence-electron chi connectivity index (χ1n) is 6.86. The summed E-state index contributed by atoms with van der Waals surface area (Å²) < 4.78 is 11.0. The van der Waals surface area contributed by atoms with Gasteiger partial charge in [-0.25, -0.2) is 0 Å². The molecule has 0 aromatic heterocycles. The fraction of sp³-hybridized carbons (Fsp3) is 0.923. The zero-order valence-electron chi connectivity index (χ0n) is 11.4. The summed E-state index contributed by atoms with van der Waals surface area (Å²) in [6, 6.07) is -0.201. The molecule has 0 aromatic carbocycles. The third-order valence-corrected chi connectivity index (χ3v) is 3.75. The Labute approximate surface area is 109 Å². The van der Waals surface area contributed by atoms with Gasteiger partial charge in [0.25, 0.3) is 0 Å². The standard InChI is InChI=1S/C13H24N2O3/c1-10-12(14-5-7-18-10)13(16)15(2)8-11-4-3-6-17-9-11/h10-12,14H,3-9H2,1-2H3/t10-,11?,12+/m1/s1. The molecule has 0 radical (unpaired) electrons. The summed E-state index contributed by atoms with van der Waals surface area (Å²) in [5, 5.41) is 3.24. The molecule has 2 aliphatic heterocycles. The summed E-state index contributed by atoms with van der Waals surface area (Å²) in [5.41, 5.74) is 0. The van der Waals surface area contributed by atoms with Gasteiger partial charge in [0, 0.05) is 26.7 Å². The molecule has 2 saturated heterocycles. The van der Waals surface area contributed by atoms with Crippen molar-refractivity contribution in [2.45, 2.75) is 31.9 Å². The number of morpholine rings is 1. The second-order valence-electron chi connectivity index (χ2n) is 5.31. The van der Waals surface area contributed by atoms with Crippen LogP contribution in [0.3, 0.4) is 0 Å². The summed E-state index contributed by atoms with van der Waals surface area (Å²) in [5.74, 6) is 0.611. The van der Waals surface area contributed by atoms with Crippen molar-refractivity contribution in [2.75, 3.05) is 40.0 Å². The normalized spacial score (nSPS) is 33.1. The highest BCUT2D eigenvalue weighted by Gasteiger charge is 2.31. The maximum absolute atomic E-state index is 12.3. The van der Waals surface area contributed by atoms with E-state index in [0.29, 0.717) is 12.5 Å². The molecule has 1 amide bonds. The van der Waals surface area contributed by atoms with E-state index in [4.69, 9.17) is 9.47 Å². The van der Waals surface area contributed by atoms with E-state index >= 15 is 0 Å². The van der Waals surface area contributed by atoms with Gasteiger partial charge in [-0.3, -0.25) is 4.79 Å². The molecule has 1 unspecified atom stereocenters. The Kier molecular flexibility index (Phi) is 4.97. The molecular formula is C13H24N2O3. The van der Waals surface area contributed by atoms with Gasteiger partial charge in [0.1, 0.15) is 6.04 Å². The van der Waals surface area contributed by atoms with Crippen LogP contribution in [0.1, 0.15) is 19.8 Å². The maximum atomic E-state index is 12.3. The van der Waals surface area contributed by atoms with Gasteiger partial charge in [0.2, 0.25) is 5.91 Å². The van der Waals surface area contributed by atoms with E-state index in [9.17, 15) is 4.79 Å². The highest BCUT2D eigenvalue weighted by molar-refractivity contribution is 5.82. The van der Waals surface area contributed by atoms with E-state index in [1.807, 2.05) is 18.9 Å². The number of amides is 1. The minimum Gasteiger partial charge on any atom is -0.381 e. The van der Waals surface area contributed by atoms with Crippen LogP contribution in [0.15, 0.2) is 0 Å². The summed E-state index contributed by atoms with van der Waals surface area (Å²) in [7, 11) is 1.87. The van der Waals surface area contributed by atoms with Crippen LogP contribution in [-0.2, 0) is 14.3 Å². The number of nitrogens with zero attached hydrogens (tertiary/aromatic N) is 1. The van der Waals surface area contributed by atoms with Crippen LogP contribution < -0.4 is 5.32 Å². The van der Waals surface area contributed by atoms with Gasteiger partial charge in [0.05, 0.1) is 19.3 Å². The molecule has 2 aliphatic rings. The number of ether oxygens (including phenoxy) is 2. The first-order chi connectivity index (χ1) is 8.68. The van der Waals surface area contributed by atoms with E-state index in [-0.39, 0.29) is 18.1 Å². The Bertz CT molecular complexity index is 279. The van der Waals surface area contributed by atoms with Crippen LogP contribution in [0, 0.1) is 5.92 Å². The average molecular weight is 256 g/mol. The minimum atomic E-state index is -0.201. The Morgan fingerprint density at radius 3 is 2.94 bits per heavy atom. The molecule has 18 heavy (non-hydrogen) atoms. The average Bonchev–Trinajstić information content (AvgIpc) is 2.39. The van der Waals surface area contributed by atoms with Gasteiger partial charge in [0.15, 0.2) is 0 Å². The van der Waals surface area contributed by atoms with Gasteiger partial charge in [-0.1, -0.05) is 0 Å². The molecule has 0 spiro atoms. The molecular weight excluding hydrogens is 232 g/mol. The smallest absolute Gasteiger partial charge is 0.242 e. The third-order valence-electron chi connectivity index (χ3n) is 3.75. The molecule has 0 saturated carbocycles. The van der Waals surface area contributed by atoms with Crippen molar-refractivity contribution in [1.29, 1.82) is 0 Å². The lowest BCUT2D eigenvalue weighted by atomic mass is 10.0. The molecule has 2 fully saturated rings. The monoisotopic (exact) mass is 256 g/mol. The van der Waals surface area contributed by atoms with E-state index in [0.717, 1.165) is 39.1 Å². The second-order valence-corrected chi connectivity index (χ2v) is 5.31. The number of hydrogen-bond acceptors (Lipinski definition) is 4. The van der Waals surface area contributed by atoms with Crippen LogP contribution in [-0.4, -0.2) is 62.9 Å². The summed E-state index contributed by atoms with van der Waals surface area (Å²) >= 11 is 0. The topological polar surface area (TPSA) is 50.8 Å².